The van der Waals surface area contributed by atoms with Crippen molar-refractivity contribution < 1.29 is 0 Å². The first-order valence-electron chi connectivity index (χ1n) is 3.59. The molecular weight excluding hydrogens is 124 g/mol. The van der Waals surface area contributed by atoms with Crippen LogP contribution in [0.1, 0.15) is 25.5 Å². The summed E-state index contributed by atoms with van der Waals surface area (Å²) in [6.45, 7) is 2.23. The zero-order valence-electron chi connectivity index (χ0n) is 6.04. The Labute approximate surface area is 60.3 Å². The Balaban J connectivity index is 2.35. The van der Waals surface area contributed by atoms with E-state index in [-0.39, 0.29) is 0 Å². The van der Waals surface area contributed by atoms with Crippen LogP contribution in [0.25, 0.3) is 0 Å². The van der Waals surface area contributed by atoms with Gasteiger partial charge in [-0.3, -0.25) is 0 Å². The van der Waals surface area contributed by atoms with E-state index >= 15 is 0 Å². The standard InChI is InChI=1S/C8H10N2/c1-8(4-5-8)7-3-2-6-9-10-7/h2-3,6H,4-5H2,1H3. The van der Waals surface area contributed by atoms with Gasteiger partial charge >= 0.3 is 0 Å². The van der Waals surface area contributed by atoms with Gasteiger partial charge in [-0.25, -0.2) is 0 Å². The van der Waals surface area contributed by atoms with Crippen LogP contribution in [0.4, 0.5) is 0 Å². The molecule has 0 aromatic carbocycles. The maximum Gasteiger partial charge on any atom is 0.0690 e. The highest BCUT2D eigenvalue weighted by Gasteiger charge is 2.40. The molecule has 1 saturated carbocycles. The fourth-order valence-electron chi connectivity index (χ4n) is 1.07. The molecule has 1 aromatic rings. The molecule has 10 heavy (non-hydrogen) atoms. The molecule has 1 aromatic heterocycles. The highest BCUT2D eigenvalue weighted by Crippen LogP contribution is 2.46. The second-order valence-corrected chi connectivity index (χ2v) is 3.17. The van der Waals surface area contributed by atoms with E-state index in [4.69, 9.17) is 0 Å². The van der Waals surface area contributed by atoms with Crippen LogP contribution in [0, 0.1) is 0 Å². The molecule has 0 spiro atoms. The molecule has 0 unspecified atom stereocenters. The van der Waals surface area contributed by atoms with Crippen molar-refractivity contribution in [1.82, 2.24) is 10.2 Å². The minimum atomic E-state index is 0.369. The van der Waals surface area contributed by atoms with Crippen molar-refractivity contribution in [3.63, 3.8) is 0 Å². The van der Waals surface area contributed by atoms with Crippen molar-refractivity contribution in [3.8, 4) is 0 Å². The Hall–Kier alpha value is -0.920. The van der Waals surface area contributed by atoms with Gasteiger partial charge in [0.15, 0.2) is 0 Å². The third kappa shape index (κ3) is 0.801. The first-order chi connectivity index (χ1) is 4.81. The largest absolute Gasteiger partial charge is 0.159 e. The zero-order valence-corrected chi connectivity index (χ0v) is 6.04. The van der Waals surface area contributed by atoms with E-state index in [0.717, 1.165) is 5.69 Å². The van der Waals surface area contributed by atoms with Crippen LogP contribution in [0.2, 0.25) is 0 Å². The van der Waals surface area contributed by atoms with E-state index in [0.29, 0.717) is 5.41 Å². The average Bonchev–Trinajstić information content (AvgIpc) is 2.72. The van der Waals surface area contributed by atoms with Crippen molar-refractivity contribution >= 4 is 0 Å². The monoisotopic (exact) mass is 134 g/mol. The molecule has 1 fully saturated rings. The minimum Gasteiger partial charge on any atom is -0.159 e. The molecular formula is C8H10N2. The van der Waals surface area contributed by atoms with E-state index in [1.807, 2.05) is 6.07 Å². The summed E-state index contributed by atoms with van der Waals surface area (Å²) in [6.07, 6.45) is 4.26. The lowest BCUT2D eigenvalue weighted by Crippen LogP contribution is -2.03. The van der Waals surface area contributed by atoms with E-state index in [1.165, 1.54) is 12.8 Å². The summed E-state index contributed by atoms with van der Waals surface area (Å²) in [7, 11) is 0. The van der Waals surface area contributed by atoms with Crippen molar-refractivity contribution in [3.05, 3.63) is 24.0 Å². The van der Waals surface area contributed by atoms with Gasteiger partial charge in [-0.05, 0) is 25.0 Å². The lowest BCUT2D eigenvalue weighted by atomic mass is 10.1. The topological polar surface area (TPSA) is 25.8 Å². The fourth-order valence-corrected chi connectivity index (χ4v) is 1.07. The molecule has 0 bridgehead atoms. The SMILES string of the molecule is CC1(c2cccnn2)CC1. The fraction of sp³-hybridized carbons (Fsp3) is 0.500. The molecule has 0 aliphatic heterocycles. The normalized spacial score (nSPS) is 20.5. The first kappa shape index (κ1) is 5.83. The number of hydrogen-bond acceptors (Lipinski definition) is 2. The molecule has 0 N–H and O–H groups in total. The molecule has 1 aliphatic carbocycles. The summed E-state index contributed by atoms with van der Waals surface area (Å²) >= 11 is 0. The molecule has 2 rings (SSSR count). The van der Waals surface area contributed by atoms with Crippen molar-refractivity contribution in [2.45, 2.75) is 25.2 Å². The zero-order chi connectivity index (χ0) is 7.03. The van der Waals surface area contributed by atoms with Gasteiger partial charge in [0.1, 0.15) is 0 Å². The highest BCUT2D eigenvalue weighted by atomic mass is 15.1. The lowest BCUT2D eigenvalue weighted by molar-refractivity contribution is 0.723. The Morgan fingerprint density at radius 3 is 2.80 bits per heavy atom. The van der Waals surface area contributed by atoms with Crippen LogP contribution in [0.5, 0.6) is 0 Å². The summed E-state index contributed by atoms with van der Waals surface area (Å²) < 4.78 is 0. The van der Waals surface area contributed by atoms with Gasteiger partial charge in [0.05, 0.1) is 5.69 Å². The molecule has 1 heterocycles. The van der Waals surface area contributed by atoms with Gasteiger partial charge in [0.25, 0.3) is 0 Å². The summed E-state index contributed by atoms with van der Waals surface area (Å²) in [6, 6.07) is 4.01. The van der Waals surface area contributed by atoms with Gasteiger partial charge in [0.2, 0.25) is 0 Å². The van der Waals surface area contributed by atoms with Crippen molar-refractivity contribution in [2.75, 3.05) is 0 Å². The van der Waals surface area contributed by atoms with Gasteiger partial charge < -0.3 is 0 Å². The van der Waals surface area contributed by atoms with Crippen LogP contribution in [-0.4, -0.2) is 10.2 Å². The first-order valence-corrected chi connectivity index (χ1v) is 3.59. The summed E-state index contributed by atoms with van der Waals surface area (Å²) in [5.41, 5.74) is 1.52. The van der Waals surface area contributed by atoms with Crippen molar-refractivity contribution in [2.24, 2.45) is 0 Å². The third-order valence-electron chi connectivity index (χ3n) is 2.19. The average molecular weight is 134 g/mol. The predicted octanol–water partition coefficient (Wildman–Crippen LogP) is 1.53. The van der Waals surface area contributed by atoms with Gasteiger partial charge in [-0.1, -0.05) is 6.92 Å². The number of rotatable bonds is 1. The van der Waals surface area contributed by atoms with Crippen LogP contribution in [0.3, 0.4) is 0 Å². The molecule has 52 valence electrons. The molecule has 0 atom stereocenters. The van der Waals surface area contributed by atoms with Crippen LogP contribution >= 0.6 is 0 Å². The quantitative estimate of drug-likeness (QED) is 0.582. The van der Waals surface area contributed by atoms with E-state index in [2.05, 4.69) is 23.2 Å². The smallest absolute Gasteiger partial charge is 0.0690 e. The second-order valence-electron chi connectivity index (χ2n) is 3.17. The number of aromatic nitrogens is 2. The van der Waals surface area contributed by atoms with Gasteiger partial charge in [-0.2, -0.15) is 10.2 Å². The Morgan fingerprint density at radius 2 is 2.30 bits per heavy atom. The Morgan fingerprint density at radius 1 is 1.50 bits per heavy atom. The molecule has 1 aliphatic rings. The highest BCUT2D eigenvalue weighted by molar-refractivity contribution is 5.20. The maximum absolute atomic E-state index is 4.06. The van der Waals surface area contributed by atoms with Gasteiger partial charge in [0, 0.05) is 11.6 Å². The number of nitrogens with zero attached hydrogens (tertiary/aromatic N) is 2. The third-order valence-corrected chi connectivity index (χ3v) is 2.19. The van der Waals surface area contributed by atoms with E-state index in [9.17, 15) is 0 Å². The van der Waals surface area contributed by atoms with Gasteiger partial charge in [-0.15, -0.1) is 0 Å². The van der Waals surface area contributed by atoms with E-state index < -0.39 is 0 Å². The second kappa shape index (κ2) is 1.78. The maximum atomic E-state index is 4.06. The summed E-state index contributed by atoms with van der Waals surface area (Å²) in [5.74, 6) is 0. The molecule has 0 saturated heterocycles. The minimum absolute atomic E-state index is 0.369. The molecule has 0 radical (unpaired) electrons. The van der Waals surface area contributed by atoms with Crippen LogP contribution in [-0.2, 0) is 5.41 Å². The van der Waals surface area contributed by atoms with Crippen LogP contribution < -0.4 is 0 Å². The van der Waals surface area contributed by atoms with Crippen molar-refractivity contribution in [1.29, 1.82) is 0 Å². The Kier molecular flexibility index (Phi) is 1.04. The summed E-state index contributed by atoms with van der Waals surface area (Å²) in [4.78, 5) is 0. The molecule has 0 amide bonds. The van der Waals surface area contributed by atoms with Crippen LogP contribution in [0.15, 0.2) is 18.3 Å². The lowest BCUT2D eigenvalue weighted by Gasteiger charge is -2.03. The number of hydrogen-bond donors (Lipinski definition) is 0. The predicted molar refractivity (Wildman–Crippen MR) is 38.6 cm³/mol. The Bertz CT molecular complexity index is 226. The van der Waals surface area contributed by atoms with E-state index in [1.54, 1.807) is 6.20 Å². The summed E-state index contributed by atoms with van der Waals surface area (Å²) in [5, 5.41) is 7.90. The molecule has 2 heteroatoms. The molecule has 2 nitrogen and oxygen atoms in total.